The van der Waals surface area contributed by atoms with E-state index in [0.717, 1.165) is 19.4 Å². The molecule has 1 aliphatic rings. The second kappa shape index (κ2) is 6.56. The number of hydrogen-bond acceptors (Lipinski definition) is 4. The first-order valence-corrected chi connectivity index (χ1v) is 5.81. The van der Waals surface area contributed by atoms with Crippen LogP contribution in [0.25, 0.3) is 0 Å². The minimum Gasteiger partial charge on any atom is -0.481 e. The van der Waals surface area contributed by atoms with Gasteiger partial charge in [0.15, 0.2) is 6.10 Å². The molecule has 1 heterocycles. The smallest absolute Gasteiger partial charge is 0.332 e. The lowest BCUT2D eigenvalue weighted by Crippen LogP contribution is -2.42. The molecule has 17 heavy (non-hydrogen) atoms. The molecule has 0 radical (unpaired) electrons. The van der Waals surface area contributed by atoms with Crippen molar-refractivity contribution < 1.29 is 24.5 Å². The monoisotopic (exact) mass is 245 g/mol. The molecule has 0 aromatic rings. The van der Waals surface area contributed by atoms with Crippen LogP contribution in [0.15, 0.2) is 0 Å². The molecule has 0 bridgehead atoms. The van der Waals surface area contributed by atoms with E-state index >= 15 is 0 Å². The van der Waals surface area contributed by atoms with Crippen LogP contribution in [0.3, 0.4) is 0 Å². The molecule has 6 heteroatoms. The first kappa shape index (κ1) is 13.9. The lowest BCUT2D eigenvalue weighted by Gasteiger charge is -2.33. The van der Waals surface area contributed by atoms with Crippen LogP contribution in [0.1, 0.15) is 26.2 Å². The summed E-state index contributed by atoms with van der Waals surface area (Å²) in [5, 5.41) is 17.3. The van der Waals surface area contributed by atoms with E-state index in [0.29, 0.717) is 13.1 Å². The molecule has 1 fully saturated rings. The first-order valence-electron chi connectivity index (χ1n) is 5.81. The molecule has 1 saturated heterocycles. The molecule has 2 N–H and O–H groups in total. The minimum absolute atomic E-state index is 0.108. The van der Waals surface area contributed by atoms with Crippen molar-refractivity contribution >= 4 is 11.9 Å². The summed E-state index contributed by atoms with van der Waals surface area (Å²) in [7, 11) is 0. The van der Waals surface area contributed by atoms with Crippen molar-refractivity contribution in [2.75, 3.05) is 19.6 Å². The zero-order valence-corrected chi connectivity index (χ0v) is 9.96. The highest BCUT2D eigenvalue weighted by atomic mass is 16.5. The number of rotatable bonds is 6. The van der Waals surface area contributed by atoms with Gasteiger partial charge < -0.3 is 19.8 Å². The highest BCUT2D eigenvalue weighted by molar-refractivity contribution is 5.71. The summed E-state index contributed by atoms with van der Waals surface area (Å²) in [5.41, 5.74) is 0. The van der Waals surface area contributed by atoms with Gasteiger partial charge in [0.05, 0.1) is 12.5 Å². The Morgan fingerprint density at radius 2 is 2.18 bits per heavy atom. The molecule has 0 aromatic carbocycles. The van der Waals surface area contributed by atoms with Crippen LogP contribution in [0.5, 0.6) is 0 Å². The third-order valence-corrected chi connectivity index (χ3v) is 2.85. The van der Waals surface area contributed by atoms with Gasteiger partial charge in [0.1, 0.15) is 0 Å². The summed E-state index contributed by atoms with van der Waals surface area (Å²) in [6.07, 6.45) is 0.946. The Bertz CT molecular complexity index is 281. The van der Waals surface area contributed by atoms with Crippen molar-refractivity contribution in [1.82, 2.24) is 4.90 Å². The molecule has 0 saturated carbocycles. The van der Waals surface area contributed by atoms with Gasteiger partial charge in [0, 0.05) is 13.1 Å². The zero-order valence-electron chi connectivity index (χ0n) is 9.96. The van der Waals surface area contributed by atoms with Gasteiger partial charge in [-0.15, -0.1) is 0 Å². The van der Waals surface area contributed by atoms with Crippen molar-refractivity contribution in [3.8, 4) is 0 Å². The number of carboxylic acids is 2. The number of carboxylic acid groups (broad SMARTS) is 2. The van der Waals surface area contributed by atoms with Crippen LogP contribution in [0, 0.1) is 0 Å². The molecule has 1 rings (SSSR count). The molecular weight excluding hydrogens is 226 g/mol. The summed E-state index contributed by atoms with van der Waals surface area (Å²) in [6.45, 7) is 3.48. The Morgan fingerprint density at radius 1 is 1.47 bits per heavy atom. The van der Waals surface area contributed by atoms with Gasteiger partial charge in [-0.05, 0) is 26.3 Å². The Balaban J connectivity index is 2.33. The normalized spacial score (nSPS) is 23.2. The summed E-state index contributed by atoms with van der Waals surface area (Å²) in [4.78, 5) is 23.1. The number of hydrogen-bond donors (Lipinski definition) is 2. The molecular formula is C11H19NO5. The van der Waals surface area contributed by atoms with Gasteiger partial charge in [-0.2, -0.15) is 0 Å². The van der Waals surface area contributed by atoms with Crippen LogP contribution in [0.2, 0.25) is 0 Å². The fourth-order valence-electron chi connectivity index (χ4n) is 1.93. The molecule has 6 nitrogen and oxygen atoms in total. The van der Waals surface area contributed by atoms with Gasteiger partial charge >= 0.3 is 11.9 Å². The predicted octanol–water partition coefficient (Wildman–Crippen LogP) is 0.415. The third-order valence-electron chi connectivity index (χ3n) is 2.85. The van der Waals surface area contributed by atoms with Gasteiger partial charge in [-0.3, -0.25) is 4.79 Å². The average molecular weight is 245 g/mol. The number of nitrogens with zero attached hydrogens (tertiary/aromatic N) is 1. The molecule has 1 aliphatic heterocycles. The van der Waals surface area contributed by atoms with Crippen LogP contribution in [-0.2, 0) is 14.3 Å². The van der Waals surface area contributed by atoms with Crippen molar-refractivity contribution in [1.29, 1.82) is 0 Å². The van der Waals surface area contributed by atoms with Crippen LogP contribution < -0.4 is 0 Å². The third kappa shape index (κ3) is 5.14. The Morgan fingerprint density at radius 3 is 2.76 bits per heavy atom. The van der Waals surface area contributed by atoms with Crippen LogP contribution >= 0.6 is 0 Å². The fourth-order valence-corrected chi connectivity index (χ4v) is 1.93. The van der Waals surface area contributed by atoms with Gasteiger partial charge in [0.25, 0.3) is 0 Å². The summed E-state index contributed by atoms with van der Waals surface area (Å²) in [6, 6.07) is 0. The Labute approximate surface area is 100 Å². The van der Waals surface area contributed by atoms with Gasteiger partial charge in [-0.1, -0.05) is 0 Å². The predicted molar refractivity (Wildman–Crippen MR) is 59.9 cm³/mol. The SMILES string of the molecule is CC(OC1CCCN(CCC(=O)O)C1)C(=O)O. The largest absolute Gasteiger partial charge is 0.481 e. The van der Waals surface area contributed by atoms with E-state index in [2.05, 4.69) is 0 Å². The number of likely N-dealkylation sites (tertiary alicyclic amines) is 1. The van der Waals surface area contributed by atoms with E-state index in [1.165, 1.54) is 6.92 Å². The second-order valence-electron chi connectivity index (χ2n) is 4.33. The van der Waals surface area contributed by atoms with Crippen LogP contribution in [-0.4, -0.2) is 58.9 Å². The highest BCUT2D eigenvalue weighted by Crippen LogP contribution is 2.15. The van der Waals surface area contributed by atoms with E-state index < -0.39 is 18.0 Å². The number of piperidine rings is 1. The van der Waals surface area contributed by atoms with E-state index in [1.54, 1.807) is 0 Å². The first-order chi connectivity index (χ1) is 7.99. The van der Waals surface area contributed by atoms with Crippen LogP contribution in [0.4, 0.5) is 0 Å². The minimum atomic E-state index is -0.965. The standard InChI is InChI=1S/C11H19NO5/c1-8(11(15)16)17-9-3-2-5-12(7-9)6-4-10(13)14/h8-9H,2-7H2,1H3,(H,13,14)(H,15,16). The van der Waals surface area contributed by atoms with Gasteiger partial charge in [-0.25, -0.2) is 4.79 Å². The van der Waals surface area contributed by atoms with E-state index in [4.69, 9.17) is 14.9 Å². The molecule has 2 unspecified atom stereocenters. The summed E-state index contributed by atoms with van der Waals surface area (Å²) < 4.78 is 5.40. The summed E-state index contributed by atoms with van der Waals surface area (Å²) >= 11 is 0. The molecule has 98 valence electrons. The maximum absolute atomic E-state index is 10.7. The number of aliphatic carboxylic acids is 2. The molecule has 0 amide bonds. The second-order valence-corrected chi connectivity index (χ2v) is 4.33. The van der Waals surface area contributed by atoms with Crippen molar-refractivity contribution in [2.45, 2.75) is 38.4 Å². The quantitative estimate of drug-likeness (QED) is 0.705. The van der Waals surface area contributed by atoms with E-state index in [1.807, 2.05) is 4.90 Å². The topological polar surface area (TPSA) is 87.1 Å². The summed E-state index contributed by atoms with van der Waals surface area (Å²) in [5.74, 6) is -1.78. The fraction of sp³-hybridized carbons (Fsp3) is 0.818. The Kier molecular flexibility index (Phi) is 5.37. The lowest BCUT2D eigenvalue weighted by molar-refractivity contribution is -0.154. The van der Waals surface area contributed by atoms with Crippen molar-refractivity contribution in [3.63, 3.8) is 0 Å². The molecule has 0 aromatic heterocycles. The lowest BCUT2D eigenvalue weighted by atomic mass is 10.1. The van der Waals surface area contributed by atoms with E-state index in [9.17, 15) is 9.59 Å². The average Bonchev–Trinajstić information content (AvgIpc) is 2.26. The zero-order chi connectivity index (χ0) is 12.8. The van der Waals surface area contributed by atoms with Crippen molar-refractivity contribution in [2.24, 2.45) is 0 Å². The Hall–Kier alpha value is -1.14. The van der Waals surface area contributed by atoms with E-state index in [-0.39, 0.29) is 12.5 Å². The molecule has 0 aliphatic carbocycles. The maximum atomic E-state index is 10.7. The number of carbonyl (C=O) groups is 2. The van der Waals surface area contributed by atoms with Gasteiger partial charge in [0.2, 0.25) is 0 Å². The van der Waals surface area contributed by atoms with Crippen molar-refractivity contribution in [3.05, 3.63) is 0 Å². The highest BCUT2D eigenvalue weighted by Gasteiger charge is 2.24. The molecule has 0 spiro atoms. The molecule has 2 atom stereocenters. The maximum Gasteiger partial charge on any atom is 0.332 e. The number of ether oxygens (including phenoxy) is 1.